The van der Waals surface area contributed by atoms with E-state index in [1.807, 2.05) is 60.7 Å². The lowest BCUT2D eigenvalue weighted by atomic mass is 10.0. The fourth-order valence-electron chi connectivity index (χ4n) is 2.76. The summed E-state index contributed by atoms with van der Waals surface area (Å²) in [6.07, 6.45) is -0.566. The molecule has 0 saturated carbocycles. The van der Waals surface area contributed by atoms with Gasteiger partial charge in [0.15, 0.2) is 0 Å². The highest BCUT2D eigenvalue weighted by atomic mass is 16.5. The van der Waals surface area contributed by atoms with Gasteiger partial charge in [-0.3, -0.25) is 14.4 Å². The Morgan fingerprint density at radius 3 is 1.88 bits per heavy atom. The summed E-state index contributed by atoms with van der Waals surface area (Å²) in [7, 11) is 0. The summed E-state index contributed by atoms with van der Waals surface area (Å²) < 4.78 is 5.22. The van der Waals surface area contributed by atoms with Gasteiger partial charge in [-0.1, -0.05) is 60.7 Å². The summed E-state index contributed by atoms with van der Waals surface area (Å²) >= 11 is 0. The Morgan fingerprint density at radius 1 is 0.781 bits per heavy atom. The number of benzene rings is 2. The normalized spacial score (nSPS) is 13.2. The first-order valence-electron chi connectivity index (χ1n) is 10.2. The predicted molar refractivity (Wildman–Crippen MR) is 118 cm³/mol. The summed E-state index contributed by atoms with van der Waals surface area (Å²) in [5.74, 6) is -1.84. The van der Waals surface area contributed by atoms with Crippen molar-refractivity contribution in [2.45, 2.75) is 45.0 Å². The molecule has 2 aromatic rings. The Hall–Kier alpha value is -3.88. The van der Waals surface area contributed by atoms with Crippen LogP contribution >= 0.6 is 0 Å². The van der Waals surface area contributed by atoms with E-state index in [0.29, 0.717) is 0 Å². The molecule has 0 aliphatic rings. The lowest BCUT2D eigenvalue weighted by molar-refractivity contribution is -0.131. The number of alkyl carbamates (subject to hydrolysis) is 1. The second kappa shape index (κ2) is 12.1. The molecule has 0 aliphatic heterocycles. The van der Waals surface area contributed by atoms with Gasteiger partial charge in [-0.2, -0.15) is 0 Å². The Labute approximate surface area is 186 Å². The molecule has 0 saturated heterocycles. The number of carbonyl (C=O) groups excluding carboxylic acids is 4. The van der Waals surface area contributed by atoms with E-state index in [-0.39, 0.29) is 13.0 Å². The highest BCUT2D eigenvalue weighted by Crippen LogP contribution is 2.06. The van der Waals surface area contributed by atoms with Gasteiger partial charge in [-0.15, -0.1) is 0 Å². The predicted octanol–water partition coefficient (Wildman–Crippen LogP) is 1.02. The molecule has 0 aromatic heterocycles. The van der Waals surface area contributed by atoms with Crippen LogP contribution < -0.4 is 21.7 Å². The van der Waals surface area contributed by atoms with Crippen LogP contribution in [0.2, 0.25) is 0 Å². The summed E-state index contributed by atoms with van der Waals surface area (Å²) in [6, 6.07) is 15.4. The molecule has 4 amide bonds. The van der Waals surface area contributed by atoms with Crippen molar-refractivity contribution >= 4 is 23.8 Å². The van der Waals surface area contributed by atoms with Crippen molar-refractivity contribution in [3.8, 4) is 0 Å². The highest BCUT2D eigenvalue weighted by molar-refractivity contribution is 5.93. The molecule has 3 atom stereocenters. The summed E-state index contributed by atoms with van der Waals surface area (Å²) in [5, 5.41) is 7.52. The standard InChI is InChI=1S/C23H28N4O5/c1-15(20(24)28)25-21(29)16(2)26-22(30)19(13-17-9-5-3-6-10-17)27-23(31)32-14-18-11-7-4-8-12-18/h3-12,15-16,19H,13-14H2,1-2H3,(H2,24,28)(H,25,29)(H,26,30)(H,27,31)/t15-,16-,19-/m0/s1. The molecular formula is C23H28N4O5. The maximum atomic E-state index is 12.8. The number of primary amides is 1. The third kappa shape index (κ3) is 8.10. The third-order valence-electron chi connectivity index (χ3n) is 4.64. The SMILES string of the molecule is C[C@H](NC(=O)[C@H](C)NC(=O)[C@H](Cc1ccccc1)NC(=O)OCc1ccccc1)C(N)=O. The van der Waals surface area contributed by atoms with Crippen LogP contribution in [0.15, 0.2) is 60.7 Å². The molecule has 0 unspecified atom stereocenters. The van der Waals surface area contributed by atoms with E-state index in [4.69, 9.17) is 10.5 Å². The quantitative estimate of drug-likeness (QED) is 0.437. The first-order chi connectivity index (χ1) is 15.3. The lowest BCUT2D eigenvalue weighted by Crippen LogP contribution is -2.55. The van der Waals surface area contributed by atoms with Gasteiger partial charge in [0.1, 0.15) is 24.7 Å². The molecular weight excluding hydrogens is 412 g/mol. The Balaban J connectivity index is 2.01. The van der Waals surface area contributed by atoms with Crippen LogP contribution in [0.4, 0.5) is 4.79 Å². The largest absolute Gasteiger partial charge is 0.445 e. The fraction of sp³-hybridized carbons (Fsp3) is 0.304. The topological polar surface area (TPSA) is 140 Å². The van der Waals surface area contributed by atoms with Crippen molar-refractivity contribution in [3.63, 3.8) is 0 Å². The minimum atomic E-state index is -0.982. The second-order valence-electron chi connectivity index (χ2n) is 7.31. The summed E-state index contributed by atoms with van der Waals surface area (Å²) in [6.45, 7) is 2.96. The van der Waals surface area contributed by atoms with Crippen LogP contribution in [0, 0.1) is 0 Å². The maximum Gasteiger partial charge on any atom is 0.408 e. The van der Waals surface area contributed by atoms with Crippen LogP contribution in [0.25, 0.3) is 0 Å². The van der Waals surface area contributed by atoms with E-state index in [1.54, 1.807) is 0 Å². The number of nitrogens with two attached hydrogens (primary N) is 1. The van der Waals surface area contributed by atoms with Crippen LogP contribution in [0.3, 0.4) is 0 Å². The number of ether oxygens (including phenoxy) is 1. The molecule has 170 valence electrons. The molecule has 5 N–H and O–H groups in total. The number of amides is 4. The third-order valence-corrected chi connectivity index (χ3v) is 4.64. The molecule has 9 heteroatoms. The number of carbonyl (C=O) groups is 4. The zero-order valence-electron chi connectivity index (χ0n) is 18.0. The Bertz CT molecular complexity index is 920. The average Bonchev–Trinajstić information content (AvgIpc) is 2.78. The van der Waals surface area contributed by atoms with Gasteiger partial charge < -0.3 is 26.4 Å². The smallest absolute Gasteiger partial charge is 0.408 e. The van der Waals surface area contributed by atoms with Crippen molar-refractivity contribution in [2.24, 2.45) is 5.73 Å². The van der Waals surface area contributed by atoms with Gasteiger partial charge in [-0.05, 0) is 25.0 Å². The van der Waals surface area contributed by atoms with E-state index in [2.05, 4.69) is 16.0 Å². The minimum absolute atomic E-state index is 0.0517. The Kier molecular flexibility index (Phi) is 9.22. The van der Waals surface area contributed by atoms with Crippen molar-refractivity contribution in [3.05, 3.63) is 71.8 Å². The van der Waals surface area contributed by atoms with Crippen molar-refractivity contribution in [1.82, 2.24) is 16.0 Å². The molecule has 0 heterocycles. The highest BCUT2D eigenvalue weighted by Gasteiger charge is 2.26. The van der Waals surface area contributed by atoms with Crippen molar-refractivity contribution < 1.29 is 23.9 Å². The summed E-state index contributed by atoms with van der Waals surface area (Å²) in [5.41, 5.74) is 6.76. The Morgan fingerprint density at radius 2 is 1.31 bits per heavy atom. The second-order valence-corrected chi connectivity index (χ2v) is 7.31. The molecule has 0 fully saturated rings. The van der Waals surface area contributed by atoms with Crippen molar-refractivity contribution in [2.75, 3.05) is 0 Å². The first kappa shape index (κ1) is 24.4. The lowest BCUT2D eigenvalue weighted by Gasteiger charge is -2.22. The maximum absolute atomic E-state index is 12.8. The van der Waals surface area contributed by atoms with E-state index < -0.39 is 41.9 Å². The van der Waals surface area contributed by atoms with E-state index >= 15 is 0 Å². The van der Waals surface area contributed by atoms with E-state index in [1.165, 1.54) is 13.8 Å². The zero-order chi connectivity index (χ0) is 23.5. The first-order valence-corrected chi connectivity index (χ1v) is 10.2. The molecule has 0 bridgehead atoms. The number of nitrogens with one attached hydrogen (secondary N) is 3. The van der Waals surface area contributed by atoms with Crippen LogP contribution in [-0.4, -0.2) is 41.9 Å². The summed E-state index contributed by atoms with van der Waals surface area (Å²) in [4.78, 5) is 48.5. The molecule has 0 aliphatic carbocycles. The van der Waals surface area contributed by atoms with Gasteiger partial charge in [0, 0.05) is 6.42 Å². The monoisotopic (exact) mass is 440 g/mol. The molecule has 2 aromatic carbocycles. The van der Waals surface area contributed by atoms with Gasteiger partial charge in [0.25, 0.3) is 0 Å². The van der Waals surface area contributed by atoms with Crippen LogP contribution in [-0.2, 0) is 32.1 Å². The molecule has 32 heavy (non-hydrogen) atoms. The molecule has 0 radical (unpaired) electrons. The number of rotatable bonds is 10. The fourth-order valence-corrected chi connectivity index (χ4v) is 2.76. The van der Waals surface area contributed by atoms with E-state index in [0.717, 1.165) is 11.1 Å². The number of hydrogen-bond donors (Lipinski definition) is 4. The van der Waals surface area contributed by atoms with E-state index in [9.17, 15) is 19.2 Å². The van der Waals surface area contributed by atoms with Crippen molar-refractivity contribution in [1.29, 1.82) is 0 Å². The van der Waals surface area contributed by atoms with Crippen LogP contribution in [0.1, 0.15) is 25.0 Å². The van der Waals surface area contributed by atoms with Gasteiger partial charge >= 0.3 is 6.09 Å². The van der Waals surface area contributed by atoms with Gasteiger partial charge in [0.05, 0.1) is 0 Å². The van der Waals surface area contributed by atoms with Gasteiger partial charge in [-0.25, -0.2) is 4.79 Å². The molecule has 2 rings (SSSR count). The zero-order valence-corrected chi connectivity index (χ0v) is 18.0. The average molecular weight is 441 g/mol. The molecule has 9 nitrogen and oxygen atoms in total. The number of hydrogen-bond acceptors (Lipinski definition) is 5. The molecule has 0 spiro atoms. The van der Waals surface area contributed by atoms with Crippen LogP contribution in [0.5, 0.6) is 0 Å². The minimum Gasteiger partial charge on any atom is -0.445 e. The van der Waals surface area contributed by atoms with Gasteiger partial charge in [0.2, 0.25) is 17.7 Å².